The molecule has 1 aliphatic heterocycles. The zero-order chi connectivity index (χ0) is 18.5. The van der Waals surface area contributed by atoms with E-state index in [1.165, 1.54) is 12.1 Å². The van der Waals surface area contributed by atoms with E-state index in [0.717, 1.165) is 25.2 Å². The number of nitrogens with one attached hydrogen (secondary N) is 1. The number of nitrogens with zero attached hydrogens (tertiary/aromatic N) is 2. The third-order valence-corrected chi connectivity index (χ3v) is 4.76. The average Bonchev–Trinajstić information content (AvgIpc) is 3.15. The summed E-state index contributed by atoms with van der Waals surface area (Å²) in [5.74, 6) is -0.303. The van der Waals surface area contributed by atoms with Crippen molar-refractivity contribution in [3.63, 3.8) is 0 Å². The van der Waals surface area contributed by atoms with Crippen molar-refractivity contribution in [2.45, 2.75) is 32.4 Å². The van der Waals surface area contributed by atoms with Gasteiger partial charge in [-0.25, -0.2) is 9.78 Å². The van der Waals surface area contributed by atoms with Gasteiger partial charge in [-0.05, 0) is 43.9 Å². The first kappa shape index (κ1) is 18.1. The van der Waals surface area contributed by atoms with Crippen LogP contribution in [-0.4, -0.2) is 39.7 Å². The number of hydrogen-bond acceptors (Lipinski definition) is 4. The van der Waals surface area contributed by atoms with Crippen LogP contribution in [0.25, 0.3) is 0 Å². The summed E-state index contributed by atoms with van der Waals surface area (Å²) in [4.78, 5) is 28.4. The van der Waals surface area contributed by atoms with Crippen molar-refractivity contribution in [1.29, 1.82) is 0 Å². The van der Waals surface area contributed by atoms with Gasteiger partial charge < -0.3 is 19.7 Å². The Bertz CT molecular complexity index is 781. The SMILES string of the molecule is CCn1ccnc1C(NC(=O)c1cccc(C(=O)O)c1)C1CCOCC1. The predicted octanol–water partition coefficient (Wildman–Crippen LogP) is 2.50. The van der Waals surface area contributed by atoms with E-state index in [9.17, 15) is 9.59 Å². The molecule has 7 heteroatoms. The van der Waals surface area contributed by atoms with Crippen LogP contribution in [0.2, 0.25) is 0 Å². The Kier molecular flexibility index (Phi) is 5.68. The molecule has 1 aromatic heterocycles. The van der Waals surface area contributed by atoms with E-state index in [-0.39, 0.29) is 23.4 Å². The molecule has 3 rings (SSSR count). The van der Waals surface area contributed by atoms with Crippen LogP contribution in [0.5, 0.6) is 0 Å². The lowest BCUT2D eigenvalue weighted by Gasteiger charge is -2.31. The lowest BCUT2D eigenvalue weighted by atomic mass is 9.90. The van der Waals surface area contributed by atoms with Crippen LogP contribution < -0.4 is 5.32 Å². The first-order valence-electron chi connectivity index (χ1n) is 8.83. The molecule has 2 N–H and O–H groups in total. The summed E-state index contributed by atoms with van der Waals surface area (Å²) in [6.07, 6.45) is 5.33. The largest absolute Gasteiger partial charge is 0.478 e. The van der Waals surface area contributed by atoms with Gasteiger partial charge in [0.2, 0.25) is 0 Å². The van der Waals surface area contributed by atoms with Crippen molar-refractivity contribution in [3.05, 3.63) is 53.6 Å². The monoisotopic (exact) mass is 357 g/mol. The molecule has 1 aliphatic rings. The Hall–Kier alpha value is -2.67. The fourth-order valence-electron chi connectivity index (χ4n) is 3.33. The molecular weight excluding hydrogens is 334 g/mol. The summed E-state index contributed by atoms with van der Waals surface area (Å²) in [5, 5.41) is 12.2. The van der Waals surface area contributed by atoms with E-state index >= 15 is 0 Å². The number of carbonyl (C=O) groups is 2. The third-order valence-electron chi connectivity index (χ3n) is 4.76. The van der Waals surface area contributed by atoms with Gasteiger partial charge in [0, 0.05) is 37.7 Å². The Morgan fingerprint density at radius 2 is 2.08 bits per heavy atom. The second kappa shape index (κ2) is 8.14. The normalized spacial score (nSPS) is 16.2. The van der Waals surface area contributed by atoms with Crippen molar-refractivity contribution >= 4 is 11.9 Å². The number of carboxylic acid groups (broad SMARTS) is 1. The van der Waals surface area contributed by atoms with E-state index in [1.807, 2.05) is 17.7 Å². The maximum Gasteiger partial charge on any atom is 0.335 e. The molecule has 0 radical (unpaired) electrons. The molecule has 0 aliphatic carbocycles. The second-order valence-corrected chi connectivity index (χ2v) is 6.36. The highest BCUT2D eigenvalue weighted by Gasteiger charge is 2.30. The lowest BCUT2D eigenvalue weighted by Crippen LogP contribution is -2.37. The first-order valence-corrected chi connectivity index (χ1v) is 8.83. The number of amides is 1. The molecule has 0 saturated carbocycles. The number of imidazole rings is 1. The zero-order valence-electron chi connectivity index (χ0n) is 14.7. The minimum atomic E-state index is -1.05. The molecule has 1 amide bonds. The fraction of sp³-hybridized carbons (Fsp3) is 0.421. The van der Waals surface area contributed by atoms with E-state index in [4.69, 9.17) is 9.84 Å². The summed E-state index contributed by atoms with van der Waals surface area (Å²) in [6, 6.07) is 5.82. The topological polar surface area (TPSA) is 93.5 Å². The molecule has 0 spiro atoms. The van der Waals surface area contributed by atoms with Crippen molar-refractivity contribution in [3.8, 4) is 0 Å². The van der Waals surface area contributed by atoms with Crippen LogP contribution in [0.3, 0.4) is 0 Å². The summed E-state index contributed by atoms with van der Waals surface area (Å²) in [6.45, 7) is 4.13. The minimum absolute atomic E-state index is 0.0929. The second-order valence-electron chi connectivity index (χ2n) is 6.36. The molecule has 0 bridgehead atoms. The summed E-state index contributed by atoms with van der Waals surface area (Å²) in [5.41, 5.74) is 0.423. The van der Waals surface area contributed by atoms with Gasteiger partial charge in [0.15, 0.2) is 0 Å². The molecule has 2 heterocycles. The highest BCUT2D eigenvalue weighted by atomic mass is 16.5. The molecule has 1 atom stereocenters. The Morgan fingerprint density at radius 3 is 2.77 bits per heavy atom. The van der Waals surface area contributed by atoms with E-state index in [1.54, 1.807) is 18.3 Å². The number of aromatic nitrogens is 2. The number of carbonyl (C=O) groups excluding carboxylic acids is 1. The maximum absolute atomic E-state index is 12.8. The standard InChI is InChI=1S/C19H23N3O4/c1-2-22-9-8-20-17(22)16(13-6-10-26-11-7-13)21-18(23)14-4-3-5-15(12-14)19(24)25/h3-5,8-9,12-13,16H,2,6-7,10-11H2,1H3,(H,21,23)(H,24,25). The number of carboxylic acids is 1. The number of rotatable bonds is 6. The van der Waals surface area contributed by atoms with Crippen LogP contribution in [0.4, 0.5) is 0 Å². The van der Waals surface area contributed by atoms with Gasteiger partial charge >= 0.3 is 5.97 Å². The van der Waals surface area contributed by atoms with Gasteiger partial charge in [-0.2, -0.15) is 0 Å². The number of aryl methyl sites for hydroxylation is 1. The van der Waals surface area contributed by atoms with E-state index in [2.05, 4.69) is 10.3 Å². The molecule has 2 aromatic rings. The van der Waals surface area contributed by atoms with Crippen LogP contribution >= 0.6 is 0 Å². The van der Waals surface area contributed by atoms with Crippen LogP contribution in [0.15, 0.2) is 36.7 Å². The lowest BCUT2D eigenvalue weighted by molar-refractivity contribution is 0.0498. The predicted molar refractivity (Wildman–Crippen MR) is 95.1 cm³/mol. The molecule has 138 valence electrons. The van der Waals surface area contributed by atoms with Gasteiger partial charge in [-0.3, -0.25) is 4.79 Å². The number of ether oxygens (including phenoxy) is 1. The summed E-state index contributed by atoms with van der Waals surface area (Å²) < 4.78 is 7.47. The van der Waals surface area contributed by atoms with E-state index in [0.29, 0.717) is 18.8 Å². The Morgan fingerprint density at radius 1 is 1.35 bits per heavy atom. The number of hydrogen-bond donors (Lipinski definition) is 2. The Balaban J connectivity index is 1.86. The molecule has 1 fully saturated rings. The first-order chi connectivity index (χ1) is 12.6. The quantitative estimate of drug-likeness (QED) is 0.828. The summed E-state index contributed by atoms with van der Waals surface area (Å²) >= 11 is 0. The average molecular weight is 357 g/mol. The van der Waals surface area contributed by atoms with Gasteiger partial charge in [0.1, 0.15) is 5.82 Å². The Labute approximate surface area is 152 Å². The third kappa shape index (κ3) is 3.94. The van der Waals surface area contributed by atoms with Crippen LogP contribution in [0, 0.1) is 5.92 Å². The zero-order valence-corrected chi connectivity index (χ0v) is 14.7. The fourth-order valence-corrected chi connectivity index (χ4v) is 3.33. The highest BCUT2D eigenvalue weighted by molar-refractivity contribution is 5.97. The van der Waals surface area contributed by atoms with Gasteiger partial charge in [-0.15, -0.1) is 0 Å². The van der Waals surface area contributed by atoms with Crippen LogP contribution in [0.1, 0.15) is 52.3 Å². The van der Waals surface area contributed by atoms with Crippen LogP contribution in [-0.2, 0) is 11.3 Å². The minimum Gasteiger partial charge on any atom is -0.478 e. The van der Waals surface area contributed by atoms with Gasteiger partial charge in [0.25, 0.3) is 5.91 Å². The van der Waals surface area contributed by atoms with Crippen molar-refractivity contribution in [1.82, 2.24) is 14.9 Å². The molecular formula is C19H23N3O4. The number of benzene rings is 1. The smallest absolute Gasteiger partial charge is 0.335 e. The van der Waals surface area contributed by atoms with E-state index < -0.39 is 5.97 Å². The molecule has 1 unspecified atom stereocenters. The van der Waals surface area contributed by atoms with Crippen molar-refractivity contribution < 1.29 is 19.4 Å². The highest BCUT2D eigenvalue weighted by Crippen LogP contribution is 2.29. The summed E-state index contributed by atoms with van der Waals surface area (Å²) in [7, 11) is 0. The maximum atomic E-state index is 12.8. The molecule has 26 heavy (non-hydrogen) atoms. The molecule has 1 aromatic carbocycles. The molecule has 7 nitrogen and oxygen atoms in total. The van der Waals surface area contributed by atoms with Crippen molar-refractivity contribution in [2.24, 2.45) is 5.92 Å². The molecule has 1 saturated heterocycles. The van der Waals surface area contributed by atoms with Gasteiger partial charge in [-0.1, -0.05) is 6.07 Å². The van der Waals surface area contributed by atoms with Gasteiger partial charge in [0.05, 0.1) is 11.6 Å². The number of aromatic carboxylic acids is 1. The van der Waals surface area contributed by atoms with Crippen molar-refractivity contribution in [2.75, 3.05) is 13.2 Å².